The minimum atomic E-state index is -4.24. The van der Waals surface area contributed by atoms with Crippen LogP contribution < -0.4 is 5.73 Å². The van der Waals surface area contributed by atoms with Crippen LogP contribution in [0.2, 0.25) is 0 Å². The Labute approximate surface area is 101 Å². The topological polar surface area (TPSA) is 49.5 Å². The number of aliphatic hydroxyl groups excluding tert-OH is 1. The number of aliphatic hydroxyl groups is 1. The third-order valence-corrected chi connectivity index (χ3v) is 3.31. The van der Waals surface area contributed by atoms with Gasteiger partial charge in [-0.1, -0.05) is 13.8 Å². The standard InChI is InChI=1S/C11H23F3N2O/c1-3-10(4-2,7-15)8-16(5-6-17)9-11(12,13)14/h17H,3-9,15H2,1-2H3. The average Bonchev–Trinajstić information content (AvgIpc) is 2.24. The van der Waals surface area contributed by atoms with Crippen molar-refractivity contribution in [2.24, 2.45) is 11.1 Å². The van der Waals surface area contributed by atoms with Gasteiger partial charge in [0.2, 0.25) is 0 Å². The molecule has 0 fully saturated rings. The van der Waals surface area contributed by atoms with E-state index in [0.29, 0.717) is 6.54 Å². The third kappa shape index (κ3) is 6.24. The molecule has 104 valence electrons. The van der Waals surface area contributed by atoms with Crippen LogP contribution in [-0.2, 0) is 0 Å². The van der Waals surface area contributed by atoms with Gasteiger partial charge in [-0.2, -0.15) is 13.2 Å². The summed E-state index contributed by atoms with van der Waals surface area (Å²) in [5.74, 6) is 0. The first-order chi connectivity index (χ1) is 7.82. The van der Waals surface area contributed by atoms with Crippen molar-refractivity contribution < 1.29 is 18.3 Å². The highest BCUT2D eigenvalue weighted by Gasteiger charge is 2.34. The number of nitrogens with two attached hydrogens (primary N) is 1. The molecule has 3 N–H and O–H groups in total. The van der Waals surface area contributed by atoms with E-state index in [4.69, 9.17) is 10.8 Å². The molecule has 0 aromatic rings. The number of rotatable bonds is 8. The predicted molar refractivity (Wildman–Crippen MR) is 61.7 cm³/mol. The third-order valence-electron chi connectivity index (χ3n) is 3.31. The molecule has 0 amide bonds. The Kier molecular flexibility index (Phi) is 7.04. The van der Waals surface area contributed by atoms with E-state index in [1.165, 1.54) is 4.90 Å². The van der Waals surface area contributed by atoms with Crippen LogP contribution in [0.25, 0.3) is 0 Å². The SMILES string of the molecule is CCC(CC)(CN)CN(CCO)CC(F)(F)F. The van der Waals surface area contributed by atoms with Gasteiger partial charge in [0.05, 0.1) is 13.2 Å². The van der Waals surface area contributed by atoms with Gasteiger partial charge in [0.1, 0.15) is 0 Å². The van der Waals surface area contributed by atoms with E-state index in [-0.39, 0.29) is 25.1 Å². The van der Waals surface area contributed by atoms with E-state index in [1.54, 1.807) is 0 Å². The molecular weight excluding hydrogens is 233 g/mol. The smallest absolute Gasteiger partial charge is 0.395 e. The fourth-order valence-electron chi connectivity index (χ4n) is 1.91. The van der Waals surface area contributed by atoms with Crippen molar-refractivity contribution >= 4 is 0 Å². The Morgan fingerprint density at radius 3 is 1.94 bits per heavy atom. The Morgan fingerprint density at radius 1 is 1.12 bits per heavy atom. The van der Waals surface area contributed by atoms with Crippen LogP contribution in [0, 0.1) is 5.41 Å². The van der Waals surface area contributed by atoms with Gasteiger partial charge in [-0.25, -0.2) is 0 Å². The molecule has 0 unspecified atom stereocenters. The molecule has 6 heteroatoms. The summed E-state index contributed by atoms with van der Waals surface area (Å²) >= 11 is 0. The summed E-state index contributed by atoms with van der Waals surface area (Å²) in [4.78, 5) is 1.24. The van der Waals surface area contributed by atoms with Crippen LogP contribution in [0.3, 0.4) is 0 Å². The van der Waals surface area contributed by atoms with Crippen LogP contribution in [0.5, 0.6) is 0 Å². The zero-order valence-electron chi connectivity index (χ0n) is 10.6. The molecule has 0 saturated heterocycles. The lowest BCUT2D eigenvalue weighted by molar-refractivity contribution is -0.150. The van der Waals surface area contributed by atoms with Crippen molar-refractivity contribution in [1.82, 2.24) is 4.90 Å². The fourth-order valence-corrected chi connectivity index (χ4v) is 1.91. The van der Waals surface area contributed by atoms with Crippen LogP contribution in [0.4, 0.5) is 13.2 Å². The molecule has 0 aromatic carbocycles. The molecule has 0 heterocycles. The van der Waals surface area contributed by atoms with Crippen LogP contribution >= 0.6 is 0 Å². The summed E-state index contributed by atoms with van der Waals surface area (Å²) in [5, 5.41) is 8.81. The molecule has 0 aliphatic rings. The Balaban J connectivity index is 4.60. The Bertz CT molecular complexity index is 197. The highest BCUT2D eigenvalue weighted by molar-refractivity contribution is 4.82. The van der Waals surface area contributed by atoms with E-state index in [0.717, 1.165) is 12.8 Å². The number of hydrogen-bond donors (Lipinski definition) is 2. The van der Waals surface area contributed by atoms with Crippen LogP contribution in [0.1, 0.15) is 26.7 Å². The van der Waals surface area contributed by atoms with E-state index in [1.807, 2.05) is 13.8 Å². The Hall–Kier alpha value is -0.330. The summed E-state index contributed by atoms with van der Waals surface area (Å²) in [6.07, 6.45) is -2.77. The van der Waals surface area contributed by atoms with Gasteiger partial charge in [-0.3, -0.25) is 4.90 Å². The second kappa shape index (κ2) is 7.18. The maximum atomic E-state index is 12.4. The minimum absolute atomic E-state index is 0.0290. The Morgan fingerprint density at radius 2 is 1.65 bits per heavy atom. The van der Waals surface area contributed by atoms with Gasteiger partial charge in [0, 0.05) is 13.1 Å². The van der Waals surface area contributed by atoms with Gasteiger partial charge in [0.25, 0.3) is 0 Å². The monoisotopic (exact) mass is 256 g/mol. The summed E-state index contributed by atoms with van der Waals surface area (Å²) < 4.78 is 37.1. The zero-order valence-corrected chi connectivity index (χ0v) is 10.6. The van der Waals surface area contributed by atoms with Crippen LogP contribution in [-0.4, -0.2) is 49.0 Å². The zero-order chi connectivity index (χ0) is 13.5. The van der Waals surface area contributed by atoms with Crippen molar-refractivity contribution in [1.29, 1.82) is 0 Å². The molecule has 0 rings (SSSR count). The van der Waals surface area contributed by atoms with Gasteiger partial charge < -0.3 is 10.8 Å². The van der Waals surface area contributed by atoms with Crippen molar-refractivity contribution in [3.05, 3.63) is 0 Å². The highest BCUT2D eigenvalue weighted by Crippen LogP contribution is 2.27. The lowest BCUT2D eigenvalue weighted by Crippen LogP contribution is -2.46. The van der Waals surface area contributed by atoms with Crippen molar-refractivity contribution in [2.45, 2.75) is 32.9 Å². The second-order valence-corrected chi connectivity index (χ2v) is 4.46. The number of hydrogen-bond acceptors (Lipinski definition) is 3. The van der Waals surface area contributed by atoms with Gasteiger partial charge >= 0.3 is 6.18 Å². The minimum Gasteiger partial charge on any atom is -0.395 e. The van der Waals surface area contributed by atoms with Gasteiger partial charge in [-0.15, -0.1) is 0 Å². The van der Waals surface area contributed by atoms with Crippen LogP contribution in [0.15, 0.2) is 0 Å². The molecule has 3 nitrogen and oxygen atoms in total. The van der Waals surface area contributed by atoms with E-state index < -0.39 is 12.7 Å². The summed E-state index contributed by atoms with van der Waals surface area (Å²) in [5.41, 5.74) is 5.38. The van der Waals surface area contributed by atoms with Crippen molar-refractivity contribution in [3.8, 4) is 0 Å². The quantitative estimate of drug-likeness (QED) is 0.693. The molecule has 0 bridgehead atoms. The number of nitrogens with zero attached hydrogens (tertiary/aromatic N) is 1. The van der Waals surface area contributed by atoms with Gasteiger partial charge in [0.15, 0.2) is 0 Å². The van der Waals surface area contributed by atoms with E-state index >= 15 is 0 Å². The highest BCUT2D eigenvalue weighted by atomic mass is 19.4. The van der Waals surface area contributed by atoms with Gasteiger partial charge in [-0.05, 0) is 24.8 Å². The first-order valence-corrected chi connectivity index (χ1v) is 5.92. The fraction of sp³-hybridized carbons (Fsp3) is 1.00. The molecular formula is C11H23F3N2O. The molecule has 0 aromatic heterocycles. The molecule has 0 aliphatic carbocycles. The molecule has 0 spiro atoms. The largest absolute Gasteiger partial charge is 0.401 e. The molecule has 0 radical (unpaired) electrons. The normalized spacial score (nSPS) is 13.4. The van der Waals surface area contributed by atoms with E-state index in [2.05, 4.69) is 0 Å². The maximum absolute atomic E-state index is 12.4. The first-order valence-electron chi connectivity index (χ1n) is 5.92. The summed E-state index contributed by atoms with van der Waals surface area (Å²) in [7, 11) is 0. The number of halogens is 3. The lowest BCUT2D eigenvalue weighted by Gasteiger charge is -2.36. The summed E-state index contributed by atoms with van der Waals surface area (Å²) in [6, 6.07) is 0. The molecule has 0 aliphatic heterocycles. The lowest BCUT2D eigenvalue weighted by atomic mass is 9.82. The maximum Gasteiger partial charge on any atom is 0.401 e. The second-order valence-electron chi connectivity index (χ2n) is 4.46. The average molecular weight is 256 g/mol. The predicted octanol–water partition coefficient (Wildman–Crippen LogP) is 1.61. The van der Waals surface area contributed by atoms with Crippen molar-refractivity contribution in [2.75, 3.05) is 32.8 Å². The summed E-state index contributed by atoms with van der Waals surface area (Å²) in [6.45, 7) is 3.26. The number of alkyl halides is 3. The molecule has 17 heavy (non-hydrogen) atoms. The molecule has 0 saturated carbocycles. The van der Waals surface area contributed by atoms with E-state index in [9.17, 15) is 13.2 Å². The first kappa shape index (κ1) is 16.7. The van der Waals surface area contributed by atoms with Crippen molar-refractivity contribution in [3.63, 3.8) is 0 Å². The molecule has 0 atom stereocenters.